The number of nitrogens with zero attached hydrogens (tertiary/aromatic N) is 6. The van der Waals surface area contributed by atoms with E-state index in [0.29, 0.717) is 23.4 Å². The number of ether oxygens (including phenoxy) is 1. The third-order valence-electron chi connectivity index (χ3n) is 7.72. The summed E-state index contributed by atoms with van der Waals surface area (Å²) in [4.78, 5) is 14.3. The van der Waals surface area contributed by atoms with Gasteiger partial charge in [0.1, 0.15) is 17.6 Å². The first kappa shape index (κ1) is 23.9. The average molecular weight is 510 g/mol. The molecule has 3 fully saturated rings. The molecule has 6 rings (SSSR count). The molecule has 0 radical (unpaired) electrons. The number of piperidine rings is 2. The predicted octanol–water partition coefficient (Wildman–Crippen LogP) is 3.83. The van der Waals surface area contributed by atoms with Crippen molar-refractivity contribution >= 4 is 5.82 Å². The van der Waals surface area contributed by atoms with Gasteiger partial charge < -0.3 is 20.1 Å². The minimum atomic E-state index is -0.993. The molecular weight excluding hydrogens is 480 g/mol. The number of hydrogen-bond acceptors (Lipinski definition) is 9. The number of anilines is 1. The van der Waals surface area contributed by atoms with Crippen molar-refractivity contribution in [1.29, 1.82) is 0 Å². The molecule has 194 valence electrons. The third-order valence-corrected chi connectivity index (χ3v) is 7.72. The quantitative estimate of drug-likeness (QED) is 0.512. The van der Waals surface area contributed by atoms with Gasteiger partial charge in [-0.15, -0.1) is 10.2 Å². The number of alkyl halides is 1. The molecule has 1 aromatic carbocycles. The highest BCUT2D eigenvalue weighted by Gasteiger charge is 2.50. The third kappa shape index (κ3) is 4.45. The van der Waals surface area contributed by atoms with E-state index < -0.39 is 12.0 Å². The maximum absolute atomic E-state index is 15.6. The highest BCUT2D eigenvalue weighted by atomic mass is 19.1. The lowest BCUT2D eigenvalue weighted by Crippen LogP contribution is -2.67. The molecule has 0 amide bonds. The first-order valence-corrected chi connectivity index (χ1v) is 12.7. The van der Waals surface area contributed by atoms with Crippen molar-refractivity contribution in [3.05, 3.63) is 36.4 Å². The second-order valence-corrected chi connectivity index (χ2v) is 10.5. The number of halogens is 2. The SMILES string of the molecule is COc1ncc(F)c(-c2ccc(-c3ncc(N(C4CC4)[C@H]4C[C@]5(C)CCC[C@H](N5)[C@H]4F)nn3)c(O)c2)n1. The van der Waals surface area contributed by atoms with E-state index in [2.05, 4.69) is 42.3 Å². The first-order valence-electron chi connectivity index (χ1n) is 12.7. The number of methoxy groups -OCH3 is 1. The molecule has 1 aliphatic carbocycles. The zero-order valence-corrected chi connectivity index (χ0v) is 20.7. The van der Waals surface area contributed by atoms with Crippen LogP contribution in [0.1, 0.15) is 45.4 Å². The summed E-state index contributed by atoms with van der Waals surface area (Å²) in [5.41, 5.74) is 0.617. The molecule has 2 bridgehead atoms. The van der Waals surface area contributed by atoms with Crippen LogP contribution in [0.25, 0.3) is 22.6 Å². The van der Waals surface area contributed by atoms with Gasteiger partial charge in [0.05, 0.1) is 31.1 Å². The summed E-state index contributed by atoms with van der Waals surface area (Å²) in [6.07, 6.45) is 7.25. The van der Waals surface area contributed by atoms with Crippen molar-refractivity contribution in [1.82, 2.24) is 30.5 Å². The molecule has 2 aromatic heterocycles. The lowest BCUT2D eigenvalue weighted by molar-refractivity contribution is 0.0584. The molecular formula is C26H29F2N7O2. The van der Waals surface area contributed by atoms with E-state index in [0.717, 1.165) is 38.3 Å². The number of benzene rings is 1. The van der Waals surface area contributed by atoms with E-state index in [1.54, 1.807) is 18.3 Å². The van der Waals surface area contributed by atoms with Crippen molar-refractivity contribution in [3.63, 3.8) is 0 Å². The number of fused-ring (bicyclic) bond motifs is 2. The molecule has 4 heterocycles. The zero-order valence-electron chi connectivity index (χ0n) is 20.7. The number of phenols is 1. The molecule has 4 atom stereocenters. The van der Waals surface area contributed by atoms with Crippen molar-refractivity contribution in [2.24, 2.45) is 0 Å². The van der Waals surface area contributed by atoms with Crippen molar-refractivity contribution in [2.45, 2.75) is 75.3 Å². The van der Waals surface area contributed by atoms with Gasteiger partial charge in [-0.2, -0.15) is 4.98 Å². The Hall–Kier alpha value is -3.47. The number of aromatic nitrogens is 5. The molecule has 2 aliphatic heterocycles. The monoisotopic (exact) mass is 509 g/mol. The van der Waals surface area contributed by atoms with Gasteiger partial charge >= 0.3 is 6.01 Å². The lowest BCUT2D eigenvalue weighted by Gasteiger charge is -2.52. The smallest absolute Gasteiger partial charge is 0.316 e. The van der Waals surface area contributed by atoms with Crippen LogP contribution in [0.4, 0.5) is 14.6 Å². The fraction of sp³-hybridized carbons (Fsp3) is 0.500. The fourth-order valence-corrected chi connectivity index (χ4v) is 5.81. The van der Waals surface area contributed by atoms with Crippen molar-refractivity contribution in [3.8, 4) is 34.4 Å². The number of rotatable bonds is 6. The molecule has 0 spiro atoms. The van der Waals surface area contributed by atoms with E-state index in [9.17, 15) is 9.50 Å². The van der Waals surface area contributed by atoms with E-state index in [1.165, 1.54) is 13.2 Å². The summed E-state index contributed by atoms with van der Waals surface area (Å²) in [6, 6.07) is 4.41. The number of nitrogens with one attached hydrogen (secondary N) is 1. The molecule has 37 heavy (non-hydrogen) atoms. The Morgan fingerprint density at radius 2 is 2.00 bits per heavy atom. The number of aromatic hydroxyl groups is 1. The number of hydrogen-bond donors (Lipinski definition) is 2. The summed E-state index contributed by atoms with van der Waals surface area (Å²) < 4.78 is 34.9. The second kappa shape index (κ2) is 9.13. The molecule has 1 saturated carbocycles. The Kier molecular flexibility index (Phi) is 5.89. The van der Waals surface area contributed by atoms with Crippen LogP contribution in [0.15, 0.2) is 30.6 Å². The van der Waals surface area contributed by atoms with Gasteiger partial charge in [-0.1, -0.05) is 6.07 Å². The van der Waals surface area contributed by atoms with E-state index in [1.807, 2.05) is 0 Å². The van der Waals surface area contributed by atoms with E-state index >= 15 is 4.39 Å². The average Bonchev–Trinajstić information content (AvgIpc) is 3.73. The lowest BCUT2D eigenvalue weighted by atomic mass is 9.74. The van der Waals surface area contributed by atoms with Crippen molar-refractivity contribution < 1.29 is 18.6 Å². The number of phenolic OH excluding ortho intramolecular Hbond substituents is 1. The van der Waals surface area contributed by atoms with E-state index in [-0.39, 0.29) is 46.9 Å². The topological polar surface area (TPSA) is 109 Å². The molecule has 11 heteroatoms. The zero-order chi connectivity index (χ0) is 25.7. The van der Waals surface area contributed by atoms with Gasteiger partial charge in [-0.3, -0.25) is 0 Å². The molecule has 2 saturated heterocycles. The van der Waals surface area contributed by atoms with Gasteiger partial charge in [0.15, 0.2) is 17.5 Å². The van der Waals surface area contributed by atoms with Gasteiger partial charge in [0, 0.05) is 23.2 Å². The van der Waals surface area contributed by atoms with Gasteiger partial charge in [0.25, 0.3) is 0 Å². The first-order chi connectivity index (χ1) is 17.8. The Labute approximate surface area is 213 Å². The van der Waals surface area contributed by atoms with E-state index in [4.69, 9.17) is 4.74 Å². The summed E-state index contributed by atoms with van der Waals surface area (Å²) in [6.45, 7) is 2.19. The van der Waals surface area contributed by atoms with Crippen LogP contribution in [0.5, 0.6) is 11.8 Å². The minimum absolute atomic E-state index is 0.00405. The van der Waals surface area contributed by atoms with Crippen LogP contribution in [-0.4, -0.2) is 67.2 Å². The van der Waals surface area contributed by atoms with Crippen LogP contribution in [0, 0.1) is 5.82 Å². The second-order valence-electron chi connectivity index (χ2n) is 10.5. The van der Waals surface area contributed by atoms with Gasteiger partial charge in [-0.05, 0) is 57.6 Å². The highest BCUT2D eigenvalue weighted by Crippen LogP contribution is 2.42. The van der Waals surface area contributed by atoms with Crippen LogP contribution >= 0.6 is 0 Å². The Morgan fingerprint density at radius 1 is 1.16 bits per heavy atom. The molecule has 9 nitrogen and oxygen atoms in total. The Morgan fingerprint density at radius 3 is 2.70 bits per heavy atom. The standard InChI is InChI=1S/C26H29F2N7O2/c1-26-9-3-4-18(32-26)22(28)19(11-26)35(15-6-7-15)21-13-29-24(34-33-21)16-8-5-14(10-20(16)36)23-17(27)12-30-25(31-23)37-2/h5,8,10,12-13,15,18-19,22,32,36H,3-4,6-7,9,11H2,1-2H3/t18-,19-,22+,26-/m0/s1. The molecule has 3 aliphatic rings. The van der Waals surface area contributed by atoms with Crippen LogP contribution < -0.4 is 15.0 Å². The van der Waals surface area contributed by atoms with Crippen LogP contribution in [-0.2, 0) is 0 Å². The molecule has 0 unspecified atom stereocenters. The maximum Gasteiger partial charge on any atom is 0.316 e. The van der Waals surface area contributed by atoms with Crippen LogP contribution in [0.3, 0.4) is 0 Å². The van der Waals surface area contributed by atoms with Crippen LogP contribution in [0.2, 0.25) is 0 Å². The molecule has 3 aromatic rings. The van der Waals surface area contributed by atoms with Gasteiger partial charge in [-0.25, -0.2) is 18.7 Å². The summed E-state index contributed by atoms with van der Waals surface area (Å²) in [5.74, 6) is -0.0209. The fourth-order valence-electron chi connectivity index (χ4n) is 5.81. The van der Waals surface area contributed by atoms with Crippen molar-refractivity contribution in [2.75, 3.05) is 12.0 Å². The Bertz CT molecular complexity index is 1310. The highest BCUT2D eigenvalue weighted by molar-refractivity contribution is 5.71. The maximum atomic E-state index is 15.6. The normalized spacial score (nSPS) is 27.1. The predicted molar refractivity (Wildman–Crippen MR) is 132 cm³/mol. The Balaban J connectivity index is 1.27. The summed E-state index contributed by atoms with van der Waals surface area (Å²) in [7, 11) is 1.39. The van der Waals surface area contributed by atoms with Gasteiger partial charge in [0.2, 0.25) is 0 Å². The summed E-state index contributed by atoms with van der Waals surface area (Å²) in [5, 5.41) is 22.9. The largest absolute Gasteiger partial charge is 0.507 e. The minimum Gasteiger partial charge on any atom is -0.507 e. The molecule has 2 N–H and O–H groups in total. The summed E-state index contributed by atoms with van der Waals surface area (Å²) >= 11 is 0.